The Balaban J connectivity index is 3.74. The van der Waals surface area contributed by atoms with Gasteiger partial charge in [-0.05, 0) is 19.9 Å². The van der Waals surface area contributed by atoms with E-state index in [0.29, 0.717) is 11.4 Å². The van der Waals surface area contributed by atoms with Gasteiger partial charge in [0.05, 0.1) is 5.22 Å². The summed E-state index contributed by atoms with van der Waals surface area (Å²) in [4.78, 5) is 0.476. The van der Waals surface area contributed by atoms with E-state index in [4.69, 9.17) is 0 Å². The van der Waals surface area contributed by atoms with Crippen molar-refractivity contribution < 1.29 is 4.86 Å². The summed E-state index contributed by atoms with van der Waals surface area (Å²) in [5.74, 6) is 0. The predicted octanol–water partition coefficient (Wildman–Crippen LogP) is 1.56. The molecular weight excluding hydrogens is 142 g/mol. The van der Waals surface area contributed by atoms with E-state index in [1.54, 1.807) is 12.2 Å². The third-order valence-corrected chi connectivity index (χ3v) is 0.845. The van der Waals surface area contributed by atoms with Gasteiger partial charge in [0.2, 0.25) is 0 Å². The summed E-state index contributed by atoms with van der Waals surface area (Å²) in [5.41, 5.74) is 2.54. The molecule has 0 fully saturated rings. The zero-order valence-corrected chi connectivity index (χ0v) is 6.82. The highest BCUT2D eigenvalue weighted by Gasteiger charge is 1.78. The molecule has 0 aromatic carbocycles. The zero-order valence-electron chi connectivity index (χ0n) is 6.82. The number of allylic oxidation sites excluding steroid dienone is 3. The van der Waals surface area contributed by atoms with E-state index < -0.39 is 0 Å². The smallest absolute Gasteiger partial charge is 0.118 e. The quantitative estimate of drug-likeness (QED) is 0.290. The summed E-state index contributed by atoms with van der Waals surface area (Å²) in [5, 5.41) is 14.1. The third kappa shape index (κ3) is 6.57. The highest BCUT2D eigenvalue weighted by atomic mass is 16.5. The second-order valence-corrected chi connectivity index (χ2v) is 1.78. The van der Waals surface area contributed by atoms with Crippen LogP contribution in [-0.4, -0.2) is 11.4 Å². The lowest BCUT2D eigenvalue weighted by molar-refractivity contribution is -0.464. The first kappa shape index (κ1) is 9.68. The van der Waals surface area contributed by atoms with Crippen molar-refractivity contribution in [2.75, 3.05) is 6.54 Å². The molecule has 1 N–H and O–H groups in total. The molecule has 4 nitrogen and oxygen atoms in total. The lowest BCUT2D eigenvalue weighted by atomic mass is 10.5. The predicted molar refractivity (Wildman–Crippen MR) is 43.7 cm³/mol. The zero-order chi connectivity index (χ0) is 8.53. The lowest BCUT2D eigenvalue weighted by Gasteiger charge is -1.96. The Morgan fingerprint density at radius 2 is 2.27 bits per heavy atom. The van der Waals surface area contributed by atoms with Crippen LogP contribution in [0.15, 0.2) is 29.7 Å². The van der Waals surface area contributed by atoms with Gasteiger partial charge in [-0.1, -0.05) is 12.2 Å². The fourth-order valence-corrected chi connectivity index (χ4v) is 0.408. The lowest BCUT2D eigenvalue weighted by Crippen LogP contribution is -2.06. The summed E-state index contributed by atoms with van der Waals surface area (Å²) < 4.78 is 0. The van der Waals surface area contributed by atoms with Gasteiger partial charge in [-0.15, -0.1) is 4.86 Å². The van der Waals surface area contributed by atoms with E-state index in [0.717, 1.165) is 0 Å². The van der Waals surface area contributed by atoms with Crippen LogP contribution < -0.4 is 5.43 Å². The molecule has 0 aromatic rings. The maximum absolute atomic E-state index is 10.6. The monoisotopic (exact) mass is 155 g/mol. The molecule has 0 atom stereocenters. The van der Waals surface area contributed by atoms with E-state index in [9.17, 15) is 5.21 Å². The van der Waals surface area contributed by atoms with Crippen molar-refractivity contribution in [2.24, 2.45) is 5.22 Å². The van der Waals surface area contributed by atoms with Gasteiger partial charge in [-0.2, -0.15) is 5.43 Å². The Bertz CT molecular complexity index is 173. The summed E-state index contributed by atoms with van der Waals surface area (Å²) >= 11 is 0. The number of hydrogen-bond acceptors (Lipinski definition) is 2. The van der Waals surface area contributed by atoms with E-state index in [1.165, 1.54) is 6.20 Å². The molecule has 0 spiro atoms. The summed E-state index contributed by atoms with van der Waals surface area (Å²) in [7, 11) is 0. The van der Waals surface area contributed by atoms with Gasteiger partial charge in [0.15, 0.2) is 0 Å². The molecule has 0 aromatic heterocycles. The van der Waals surface area contributed by atoms with Crippen LogP contribution in [0.25, 0.3) is 0 Å². The van der Waals surface area contributed by atoms with Gasteiger partial charge < -0.3 is 5.21 Å². The molecule has 0 amide bonds. The standard InChI is InChI=1S/C7H13N3O/c1-3-5-6-7-10(11)9-8-4-2/h3,5-8H,4H2,1-2H3/b5-3-,7-6+,10-9?. The third-order valence-electron chi connectivity index (χ3n) is 0.845. The van der Waals surface area contributed by atoms with Crippen LogP contribution in [0.5, 0.6) is 0 Å². The molecule has 0 heterocycles. The Hall–Kier alpha value is -1.32. The Kier molecular flexibility index (Phi) is 5.98. The normalized spacial score (nSPS) is 13.1. The molecule has 11 heavy (non-hydrogen) atoms. The summed E-state index contributed by atoms with van der Waals surface area (Å²) in [6, 6.07) is 0. The molecule has 0 aliphatic carbocycles. The number of nitrogens with one attached hydrogen (secondary N) is 1. The van der Waals surface area contributed by atoms with Crippen molar-refractivity contribution >= 4 is 0 Å². The van der Waals surface area contributed by atoms with Crippen LogP contribution in [0.2, 0.25) is 0 Å². The minimum atomic E-state index is 0.476. The molecule has 0 unspecified atom stereocenters. The van der Waals surface area contributed by atoms with Crippen molar-refractivity contribution in [2.45, 2.75) is 13.8 Å². The van der Waals surface area contributed by atoms with E-state index in [1.807, 2.05) is 19.9 Å². The first-order valence-corrected chi connectivity index (χ1v) is 3.50. The molecule has 0 aliphatic heterocycles. The van der Waals surface area contributed by atoms with Gasteiger partial charge in [-0.25, -0.2) is 0 Å². The van der Waals surface area contributed by atoms with Crippen LogP contribution in [0.1, 0.15) is 13.8 Å². The van der Waals surface area contributed by atoms with E-state index >= 15 is 0 Å². The molecule has 0 rings (SSSR count). The van der Waals surface area contributed by atoms with Crippen molar-refractivity contribution in [1.82, 2.24) is 5.43 Å². The SMILES string of the molecule is C/C=C\C=C\[N+]([O-])=NNCC. The van der Waals surface area contributed by atoms with E-state index in [2.05, 4.69) is 10.6 Å². The van der Waals surface area contributed by atoms with Crippen LogP contribution in [-0.2, 0) is 0 Å². The largest absolute Gasteiger partial charge is 0.691 e. The van der Waals surface area contributed by atoms with Crippen molar-refractivity contribution in [1.29, 1.82) is 0 Å². The van der Waals surface area contributed by atoms with Crippen LogP contribution in [0.3, 0.4) is 0 Å². The van der Waals surface area contributed by atoms with Gasteiger partial charge >= 0.3 is 0 Å². The minimum absolute atomic E-state index is 0.476. The fraction of sp³-hybridized carbons (Fsp3) is 0.429. The maximum atomic E-state index is 10.6. The summed E-state index contributed by atoms with van der Waals surface area (Å²) in [6.07, 6.45) is 6.53. The average molecular weight is 155 g/mol. The highest BCUT2D eigenvalue weighted by Crippen LogP contribution is 1.78. The minimum Gasteiger partial charge on any atom is -0.691 e. The van der Waals surface area contributed by atoms with E-state index in [-0.39, 0.29) is 0 Å². The molecule has 0 radical (unpaired) electrons. The molecular formula is C7H13N3O. The van der Waals surface area contributed by atoms with Gasteiger partial charge in [0.25, 0.3) is 0 Å². The van der Waals surface area contributed by atoms with Crippen LogP contribution in [0.4, 0.5) is 0 Å². The average Bonchev–Trinajstić information content (AvgIpc) is 2.01. The second-order valence-electron chi connectivity index (χ2n) is 1.78. The van der Waals surface area contributed by atoms with Crippen molar-refractivity contribution in [3.63, 3.8) is 0 Å². The summed E-state index contributed by atoms with van der Waals surface area (Å²) in [6.45, 7) is 4.39. The number of hydroxylamine groups is 1. The van der Waals surface area contributed by atoms with Gasteiger partial charge in [0.1, 0.15) is 12.7 Å². The first-order valence-electron chi connectivity index (χ1n) is 3.50. The maximum Gasteiger partial charge on any atom is 0.118 e. The Morgan fingerprint density at radius 3 is 2.82 bits per heavy atom. The number of nitrogens with zero attached hydrogens (tertiary/aromatic N) is 2. The van der Waals surface area contributed by atoms with Crippen LogP contribution >= 0.6 is 0 Å². The number of hydrogen-bond donors (Lipinski definition) is 1. The van der Waals surface area contributed by atoms with Gasteiger partial charge in [0, 0.05) is 0 Å². The second kappa shape index (κ2) is 6.80. The molecule has 0 saturated heterocycles. The highest BCUT2D eigenvalue weighted by molar-refractivity contribution is 4.97. The molecule has 0 aliphatic rings. The van der Waals surface area contributed by atoms with Crippen molar-refractivity contribution in [3.8, 4) is 0 Å². The molecule has 4 heteroatoms. The molecule has 0 saturated carbocycles. The van der Waals surface area contributed by atoms with Crippen molar-refractivity contribution in [3.05, 3.63) is 29.6 Å². The first-order chi connectivity index (χ1) is 5.31. The Morgan fingerprint density at radius 1 is 1.55 bits per heavy atom. The Labute approximate surface area is 66.5 Å². The topological polar surface area (TPSA) is 50.5 Å². The molecule has 62 valence electrons. The number of rotatable bonds is 4. The van der Waals surface area contributed by atoms with Crippen LogP contribution in [0, 0.1) is 5.21 Å². The molecule has 0 bridgehead atoms. The fourth-order valence-electron chi connectivity index (χ4n) is 0.408. The van der Waals surface area contributed by atoms with Gasteiger partial charge in [-0.3, -0.25) is 0 Å².